The Labute approximate surface area is 85.0 Å². The maximum atomic E-state index is 5.47. The van der Waals surface area contributed by atoms with E-state index in [4.69, 9.17) is 6.42 Å². The molecule has 2 rings (SSSR count). The van der Waals surface area contributed by atoms with Crippen molar-refractivity contribution in [2.24, 2.45) is 0 Å². The summed E-state index contributed by atoms with van der Waals surface area (Å²) in [6.07, 6.45) is 11.5. The third-order valence-corrected chi connectivity index (χ3v) is 2.66. The second-order valence-electron chi connectivity index (χ2n) is 3.66. The highest BCUT2D eigenvalue weighted by Crippen LogP contribution is 2.18. The smallest absolute Gasteiger partial charge is 0.0715 e. The molecular weight excluding hydrogens is 172 g/mol. The largest absolute Gasteiger partial charge is 0.285 e. The van der Waals surface area contributed by atoms with Crippen molar-refractivity contribution in [1.29, 1.82) is 0 Å². The first kappa shape index (κ1) is 9.23. The minimum absolute atomic E-state index is 0.329. The van der Waals surface area contributed by atoms with E-state index in [1.54, 1.807) is 6.20 Å². The summed E-state index contributed by atoms with van der Waals surface area (Å²) in [5.41, 5.74) is 1.25. The predicted molar refractivity (Wildman–Crippen MR) is 56.5 cm³/mol. The molecule has 1 aliphatic heterocycles. The van der Waals surface area contributed by atoms with Crippen molar-refractivity contribution in [3.63, 3.8) is 0 Å². The Hall–Kier alpha value is -1.33. The van der Waals surface area contributed by atoms with Crippen LogP contribution in [0.5, 0.6) is 0 Å². The number of rotatable bonds is 2. The van der Waals surface area contributed by atoms with Crippen molar-refractivity contribution in [1.82, 2.24) is 9.88 Å². The Morgan fingerprint density at radius 1 is 1.64 bits per heavy atom. The van der Waals surface area contributed by atoms with E-state index in [9.17, 15) is 0 Å². The van der Waals surface area contributed by atoms with E-state index in [0.29, 0.717) is 6.04 Å². The number of aromatic nitrogens is 1. The number of hydrogen-bond acceptors (Lipinski definition) is 2. The Morgan fingerprint density at radius 3 is 3.29 bits per heavy atom. The van der Waals surface area contributed by atoms with Crippen LogP contribution >= 0.6 is 0 Å². The molecule has 0 bridgehead atoms. The molecule has 72 valence electrons. The molecule has 1 fully saturated rings. The van der Waals surface area contributed by atoms with Gasteiger partial charge in [0.05, 0.1) is 6.04 Å². The minimum Gasteiger partial charge on any atom is -0.285 e. The van der Waals surface area contributed by atoms with Crippen molar-refractivity contribution in [2.45, 2.75) is 25.4 Å². The van der Waals surface area contributed by atoms with Gasteiger partial charge in [-0.05, 0) is 31.0 Å². The monoisotopic (exact) mass is 186 g/mol. The molecule has 0 amide bonds. The maximum absolute atomic E-state index is 5.47. The lowest BCUT2D eigenvalue weighted by Crippen LogP contribution is -2.27. The molecule has 0 aliphatic carbocycles. The minimum atomic E-state index is 0.329. The van der Waals surface area contributed by atoms with Crippen molar-refractivity contribution < 1.29 is 0 Å². The highest BCUT2D eigenvalue weighted by atomic mass is 15.2. The van der Waals surface area contributed by atoms with E-state index >= 15 is 0 Å². The zero-order chi connectivity index (χ0) is 9.80. The molecule has 0 aromatic carbocycles. The number of pyridine rings is 1. The Bertz CT molecular complexity index is 326. The quantitative estimate of drug-likeness (QED) is 0.653. The molecule has 1 aromatic rings. The lowest BCUT2D eigenvalue weighted by molar-refractivity contribution is 0.288. The normalized spacial score (nSPS) is 22.1. The third kappa shape index (κ3) is 1.94. The first-order chi connectivity index (χ1) is 6.90. The van der Waals surface area contributed by atoms with Gasteiger partial charge in [-0.3, -0.25) is 9.88 Å². The fourth-order valence-electron chi connectivity index (χ4n) is 1.93. The Morgan fingerprint density at radius 2 is 2.57 bits per heavy atom. The molecular formula is C12H14N2. The van der Waals surface area contributed by atoms with Crippen LogP contribution in [-0.2, 0) is 6.54 Å². The van der Waals surface area contributed by atoms with Gasteiger partial charge in [-0.1, -0.05) is 12.0 Å². The van der Waals surface area contributed by atoms with E-state index in [1.807, 2.05) is 12.3 Å². The predicted octanol–water partition coefficient (Wildman–Crippen LogP) is 1.68. The topological polar surface area (TPSA) is 16.1 Å². The molecule has 0 spiro atoms. The van der Waals surface area contributed by atoms with Crippen LogP contribution in [0, 0.1) is 12.3 Å². The summed E-state index contributed by atoms with van der Waals surface area (Å²) < 4.78 is 0. The average molecular weight is 186 g/mol. The molecule has 1 unspecified atom stereocenters. The van der Waals surface area contributed by atoms with E-state index in [1.165, 1.54) is 12.0 Å². The molecule has 0 radical (unpaired) electrons. The summed E-state index contributed by atoms with van der Waals surface area (Å²) in [6, 6.07) is 4.39. The average Bonchev–Trinajstić information content (AvgIpc) is 2.67. The summed E-state index contributed by atoms with van der Waals surface area (Å²) in [5.74, 6) is 2.84. The van der Waals surface area contributed by atoms with Crippen molar-refractivity contribution in [2.75, 3.05) is 6.54 Å². The van der Waals surface area contributed by atoms with Gasteiger partial charge < -0.3 is 0 Å². The van der Waals surface area contributed by atoms with Gasteiger partial charge in [0, 0.05) is 18.9 Å². The first-order valence-electron chi connectivity index (χ1n) is 4.99. The summed E-state index contributed by atoms with van der Waals surface area (Å²) >= 11 is 0. The zero-order valence-electron chi connectivity index (χ0n) is 8.19. The number of hydrogen-bond donors (Lipinski definition) is 0. The molecule has 1 saturated heterocycles. The second kappa shape index (κ2) is 4.26. The number of likely N-dealkylation sites (tertiary alicyclic amines) is 1. The van der Waals surface area contributed by atoms with Crippen molar-refractivity contribution >= 4 is 0 Å². The van der Waals surface area contributed by atoms with E-state index < -0.39 is 0 Å². The molecule has 2 nitrogen and oxygen atoms in total. The van der Waals surface area contributed by atoms with Crippen LogP contribution in [0.3, 0.4) is 0 Å². The Kier molecular flexibility index (Phi) is 2.81. The molecule has 2 heteroatoms. The van der Waals surface area contributed by atoms with E-state index in [0.717, 1.165) is 19.5 Å². The maximum Gasteiger partial charge on any atom is 0.0715 e. The number of nitrogens with zero attached hydrogens (tertiary/aromatic N) is 2. The summed E-state index contributed by atoms with van der Waals surface area (Å²) in [4.78, 5) is 6.44. The molecule has 0 saturated carbocycles. The van der Waals surface area contributed by atoms with Gasteiger partial charge in [0.25, 0.3) is 0 Å². The van der Waals surface area contributed by atoms with Gasteiger partial charge in [0.2, 0.25) is 0 Å². The standard InChI is InChI=1S/C12H14N2/c1-2-12-6-4-8-14(12)10-11-5-3-7-13-9-11/h1,3,5,7,9,12H,4,6,8,10H2. The second-order valence-corrected chi connectivity index (χ2v) is 3.66. The zero-order valence-corrected chi connectivity index (χ0v) is 8.19. The number of terminal acetylenes is 1. The van der Waals surface area contributed by atoms with Gasteiger partial charge in [-0.15, -0.1) is 6.42 Å². The van der Waals surface area contributed by atoms with E-state index in [2.05, 4.69) is 21.9 Å². The van der Waals surface area contributed by atoms with Gasteiger partial charge in [0.1, 0.15) is 0 Å². The molecule has 1 aliphatic rings. The fraction of sp³-hybridized carbons (Fsp3) is 0.417. The molecule has 1 atom stereocenters. The van der Waals surface area contributed by atoms with Gasteiger partial charge in [0.15, 0.2) is 0 Å². The lowest BCUT2D eigenvalue weighted by Gasteiger charge is -2.19. The van der Waals surface area contributed by atoms with Crippen LogP contribution < -0.4 is 0 Å². The van der Waals surface area contributed by atoms with Gasteiger partial charge in [-0.25, -0.2) is 0 Å². The first-order valence-corrected chi connectivity index (χ1v) is 4.99. The van der Waals surface area contributed by atoms with Crippen molar-refractivity contribution in [3.8, 4) is 12.3 Å². The fourth-order valence-corrected chi connectivity index (χ4v) is 1.93. The summed E-state index contributed by atoms with van der Waals surface area (Å²) in [6.45, 7) is 2.05. The Balaban J connectivity index is 2.01. The molecule has 14 heavy (non-hydrogen) atoms. The molecule has 1 aromatic heterocycles. The van der Waals surface area contributed by atoms with Gasteiger partial charge >= 0.3 is 0 Å². The summed E-state index contributed by atoms with van der Waals surface area (Å²) in [5, 5.41) is 0. The summed E-state index contributed by atoms with van der Waals surface area (Å²) in [7, 11) is 0. The van der Waals surface area contributed by atoms with E-state index in [-0.39, 0.29) is 0 Å². The highest BCUT2D eigenvalue weighted by Gasteiger charge is 2.21. The third-order valence-electron chi connectivity index (χ3n) is 2.66. The van der Waals surface area contributed by atoms with Crippen molar-refractivity contribution in [3.05, 3.63) is 30.1 Å². The van der Waals surface area contributed by atoms with Crippen LogP contribution in [0.4, 0.5) is 0 Å². The molecule has 0 N–H and O–H groups in total. The van der Waals surface area contributed by atoms with Gasteiger partial charge in [-0.2, -0.15) is 0 Å². The lowest BCUT2D eigenvalue weighted by atomic mass is 10.2. The SMILES string of the molecule is C#CC1CCCN1Cc1cccnc1. The van der Waals surface area contributed by atoms with Crippen LogP contribution in [0.1, 0.15) is 18.4 Å². The highest BCUT2D eigenvalue weighted by molar-refractivity contribution is 5.11. The van der Waals surface area contributed by atoms with Crippen LogP contribution in [-0.4, -0.2) is 22.5 Å². The van der Waals surface area contributed by atoms with Crippen LogP contribution in [0.15, 0.2) is 24.5 Å². The van der Waals surface area contributed by atoms with Crippen LogP contribution in [0.25, 0.3) is 0 Å². The molecule has 2 heterocycles. The van der Waals surface area contributed by atoms with Crippen LogP contribution in [0.2, 0.25) is 0 Å².